The molecule has 0 amide bonds. The molecule has 0 radical (unpaired) electrons. The van der Waals surface area contributed by atoms with Gasteiger partial charge in [-0.2, -0.15) is 0 Å². The lowest BCUT2D eigenvalue weighted by molar-refractivity contribution is -0.171. The highest BCUT2D eigenvalue weighted by atomic mass is 16.6. The molecule has 5 nitrogen and oxygen atoms in total. The second-order valence-electron chi connectivity index (χ2n) is 4.54. The molecule has 5 heteroatoms. The number of carbonyl (C=O) groups excluding carboxylic acids is 3. The normalized spacial score (nSPS) is 10.6. The van der Waals surface area contributed by atoms with Crippen LogP contribution >= 0.6 is 0 Å². The zero-order chi connectivity index (χ0) is 13.8. The second kappa shape index (κ2) is 5.44. The van der Waals surface area contributed by atoms with E-state index in [1.54, 1.807) is 39.0 Å². The Labute approximate surface area is 105 Å². The third-order valence-electron chi connectivity index (χ3n) is 1.76. The van der Waals surface area contributed by atoms with E-state index in [0.717, 1.165) is 0 Å². The zero-order valence-corrected chi connectivity index (χ0v) is 10.4. The van der Waals surface area contributed by atoms with Crippen molar-refractivity contribution in [2.45, 2.75) is 26.4 Å². The van der Waals surface area contributed by atoms with Gasteiger partial charge in [-0.15, -0.1) is 0 Å². The molecule has 0 spiro atoms. The first kappa shape index (κ1) is 13.9. The van der Waals surface area contributed by atoms with Crippen molar-refractivity contribution in [3.05, 3.63) is 35.9 Å². The maximum absolute atomic E-state index is 11.5. The van der Waals surface area contributed by atoms with Gasteiger partial charge < -0.3 is 9.47 Å². The van der Waals surface area contributed by atoms with E-state index in [1.165, 1.54) is 12.1 Å². The summed E-state index contributed by atoms with van der Waals surface area (Å²) in [4.78, 5) is 34.0. The first-order valence-electron chi connectivity index (χ1n) is 5.34. The van der Waals surface area contributed by atoms with Gasteiger partial charge in [-0.05, 0) is 32.9 Å². The van der Waals surface area contributed by atoms with E-state index in [4.69, 9.17) is 4.74 Å². The van der Waals surface area contributed by atoms with Crippen LogP contribution in [0.3, 0.4) is 0 Å². The van der Waals surface area contributed by atoms with Crippen molar-refractivity contribution in [2.75, 3.05) is 0 Å². The molecule has 0 bridgehead atoms. The molecule has 1 aromatic carbocycles. The van der Waals surface area contributed by atoms with Gasteiger partial charge in [0, 0.05) is 0 Å². The fourth-order valence-corrected chi connectivity index (χ4v) is 1.08. The summed E-state index contributed by atoms with van der Waals surface area (Å²) in [6.45, 7) is 4.82. The van der Waals surface area contributed by atoms with Crippen LogP contribution in [-0.2, 0) is 19.1 Å². The Morgan fingerprint density at radius 1 is 0.944 bits per heavy atom. The number of carbonyl (C=O) groups is 3. The van der Waals surface area contributed by atoms with Gasteiger partial charge in [0.1, 0.15) is 5.60 Å². The molecule has 0 N–H and O–H groups in total. The topological polar surface area (TPSA) is 69.7 Å². The second-order valence-corrected chi connectivity index (χ2v) is 4.54. The molecule has 1 rings (SSSR count). The van der Waals surface area contributed by atoms with Crippen LogP contribution in [0.4, 0.5) is 0 Å². The Bertz CT molecular complexity index is 456. The Morgan fingerprint density at radius 2 is 1.50 bits per heavy atom. The van der Waals surface area contributed by atoms with Crippen molar-refractivity contribution >= 4 is 17.9 Å². The van der Waals surface area contributed by atoms with E-state index in [-0.39, 0.29) is 5.56 Å². The fourth-order valence-electron chi connectivity index (χ4n) is 1.08. The molecule has 0 saturated carbocycles. The van der Waals surface area contributed by atoms with Gasteiger partial charge in [0.25, 0.3) is 0 Å². The zero-order valence-electron chi connectivity index (χ0n) is 10.4. The standard InChI is InChI=1S/C13H14O5/c1-13(2,3)18-12(16)11(15)17-10(14)9-7-5-4-6-8-9/h4-8H,1-3H3. The quantitative estimate of drug-likeness (QED) is 0.431. The Kier molecular flexibility index (Phi) is 4.20. The van der Waals surface area contributed by atoms with Crippen molar-refractivity contribution in [2.24, 2.45) is 0 Å². The number of rotatable bonds is 1. The molecule has 0 aliphatic heterocycles. The average Bonchev–Trinajstić information content (AvgIpc) is 2.27. The summed E-state index contributed by atoms with van der Waals surface area (Å²) in [6.07, 6.45) is 0. The van der Waals surface area contributed by atoms with Crippen LogP contribution in [0.25, 0.3) is 0 Å². The van der Waals surface area contributed by atoms with E-state index < -0.39 is 23.5 Å². The summed E-state index contributed by atoms with van der Waals surface area (Å²) in [5.41, 5.74) is -0.624. The van der Waals surface area contributed by atoms with Crippen LogP contribution in [-0.4, -0.2) is 23.5 Å². The van der Waals surface area contributed by atoms with Crippen LogP contribution in [0, 0.1) is 0 Å². The number of benzene rings is 1. The van der Waals surface area contributed by atoms with Gasteiger partial charge in [0.05, 0.1) is 5.56 Å². The van der Waals surface area contributed by atoms with Gasteiger partial charge >= 0.3 is 17.9 Å². The molecule has 0 unspecified atom stereocenters. The minimum atomic E-state index is -1.32. The first-order valence-corrected chi connectivity index (χ1v) is 5.34. The highest BCUT2D eigenvalue weighted by Gasteiger charge is 2.26. The lowest BCUT2D eigenvalue weighted by Gasteiger charge is -2.18. The van der Waals surface area contributed by atoms with Crippen LogP contribution in [0.1, 0.15) is 31.1 Å². The summed E-state index contributed by atoms with van der Waals surface area (Å²) >= 11 is 0. The number of hydrogen-bond acceptors (Lipinski definition) is 5. The highest BCUT2D eigenvalue weighted by molar-refractivity contribution is 6.32. The Morgan fingerprint density at radius 3 is 2.00 bits per heavy atom. The molecule has 0 saturated heterocycles. The van der Waals surface area contributed by atoms with Crippen LogP contribution in [0.15, 0.2) is 30.3 Å². The lowest BCUT2D eigenvalue weighted by Crippen LogP contribution is -2.31. The minimum Gasteiger partial charge on any atom is -0.452 e. The molecule has 0 aliphatic rings. The van der Waals surface area contributed by atoms with Crippen LogP contribution in [0.2, 0.25) is 0 Å². The van der Waals surface area contributed by atoms with Gasteiger partial charge in [0.2, 0.25) is 0 Å². The van der Waals surface area contributed by atoms with Crippen molar-refractivity contribution in [1.82, 2.24) is 0 Å². The summed E-state index contributed by atoms with van der Waals surface area (Å²) in [7, 11) is 0. The molecular formula is C13H14O5. The van der Waals surface area contributed by atoms with Crippen molar-refractivity contribution in [3.8, 4) is 0 Å². The van der Waals surface area contributed by atoms with Gasteiger partial charge in [-0.25, -0.2) is 14.4 Å². The molecule has 0 atom stereocenters. The van der Waals surface area contributed by atoms with E-state index in [9.17, 15) is 14.4 Å². The molecule has 18 heavy (non-hydrogen) atoms. The highest BCUT2D eigenvalue weighted by Crippen LogP contribution is 2.08. The third-order valence-corrected chi connectivity index (χ3v) is 1.76. The Hall–Kier alpha value is -2.17. The summed E-state index contributed by atoms with van der Waals surface area (Å²) in [6, 6.07) is 7.91. The maximum atomic E-state index is 11.5. The maximum Gasteiger partial charge on any atom is 0.425 e. The van der Waals surface area contributed by atoms with Gasteiger partial charge in [-0.3, -0.25) is 0 Å². The van der Waals surface area contributed by atoms with E-state index in [2.05, 4.69) is 4.74 Å². The molecule has 0 aliphatic carbocycles. The average molecular weight is 250 g/mol. The van der Waals surface area contributed by atoms with Crippen LogP contribution in [0.5, 0.6) is 0 Å². The minimum absolute atomic E-state index is 0.189. The van der Waals surface area contributed by atoms with E-state index >= 15 is 0 Å². The van der Waals surface area contributed by atoms with E-state index in [1.807, 2.05) is 0 Å². The monoisotopic (exact) mass is 250 g/mol. The van der Waals surface area contributed by atoms with Gasteiger partial charge in [-0.1, -0.05) is 18.2 Å². The third kappa shape index (κ3) is 4.37. The first-order chi connectivity index (χ1) is 8.29. The number of ether oxygens (including phenoxy) is 2. The largest absolute Gasteiger partial charge is 0.452 e. The summed E-state index contributed by atoms with van der Waals surface area (Å²) < 4.78 is 9.16. The fraction of sp³-hybridized carbons (Fsp3) is 0.308. The Balaban J connectivity index is 2.61. The predicted octanol–water partition coefficient (Wildman–Crippen LogP) is 1.71. The summed E-state index contributed by atoms with van der Waals surface area (Å²) in [5.74, 6) is -3.39. The smallest absolute Gasteiger partial charge is 0.425 e. The van der Waals surface area contributed by atoms with E-state index in [0.29, 0.717) is 0 Å². The lowest BCUT2D eigenvalue weighted by atomic mass is 10.2. The van der Waals surface area contributed by atoms with Gasteiger partial charge in [0.15, 0.2) is 0 Å². The van der Waals surface area contributed by atoms with Crippen LogP contribution < -0.4 is 0 Å². The molecule has 0 fully saturated rings. The molecule has 96 valence electrons. The van der Waals surface area contributed by atoms with Crippen molar-refractivity contribution in [3.63, 3.8) is 0 Å². The molecule has 0 aromatic heterocycles. The van der Waals surface area contributed by atoms with Crippen molar-refractivity contribution in [1.29, 1.82) is 0 Å². The molecular weight excluding hydrogens is 236 g/mol. The SMILES string of the molecule is CC(C)(C)OC(=O)C(=O)OC(=O)c1ccccc1. The molecule has 1 aromatic rings. The molecule has 0 heterocycles. The number of esters is 3. The predicted molar refractivity (Wildman–Crippen MR) is 62.7 cm³/mol. The summed E-state index contributed by atoms with van der Waals surface area (Å²) in [5, 5.41) is 0. The number of hydrogen-bond donors (Lipinski definition) is 0. The van der Waals surface area contributed by atoms with Crippen molar-refractivity contribution < 1.29 is 23.9 Å².